The first-order valence-corrected chi connectivity index (χ1v) is 9.94. The van der Waals surface area contributed by atoms with Crippen LogP contribution in [0.4, 0.5) is 0 Å². The second-order valence-corrected chi connectivity index (χ2v) is 7.63. The third-order valence-electron chi connectivity index (χ3n) is 5.89. The number of piperidine rings is 1. The molecule has 2 fully saturated rings. The second-order valence-electron chi connectivity index (χ2n) is 7.63. The van der Waals surface area contributed by atoms with Gasteiger partial charge in [-0.2, -0.15) is 0 Å². The maximum absolute atomic E-state index is 13.4. The predicted octanol–water partition coefficient (Wildman–Crippen LogP) is 3.33. The number of hydrogen-bond donors (Lipinski definition) is 1. The number of carbonyl (C=O) groups is 1. The molecule has 5 heteroatoms. The maximum atomic E-state index is 13.4. The molecule has 27 heavy (non-hydrogen) atoms. The molecular weight excluding hydrogens is 338 g/mol. The molecular formula is C22H27N3O2. The number of aromatic hydroxyl groups is 1. The van der Waals surface area contributed by atoms with Crippen molar-refractivity contribution in [3.63, 3.8) is 0 Å². The number of benzene rings is 1. The molecule has 0 radical (unpaired) electrons. The summed E-state index contributed by atoms with van der Waals surface area (Å²) in [6.45, 7) is 3.49. The fourth-order valence-corrected chi connectivity index (χ4v) is 4.43. The van der Waals surface area contributed by atoms with Crippen molar-refractivity contribution in [1.82, 2.24) is 14.8 Å². The van der Waals surface area contributed by atoms with Gasteiger partial charge in [0, 0.05) is 25.5 Å². The van der Waals surface area contributed by atoms with Crippen LogP contribution in [0.2, 0.25) is 0 Å². The molecule has 1 N–H and O–H groups in total. The van der Waals surface area contributed by atoms with E-state index in [1.54, 1.807) is 12.3 Å². The van der Waals surface area contributed by atoms with Crippen LogP contribution in [-0.4, -0.2) is 52.0 Å². The van der Waals surface area contributed by atoms with Gasteiger partial charge in [0.2, 0.25) is 5.91 Å². The van der Waals surface area contributed by atoms with Crippen molar-refractivity contribution in [3.05, 3.63) is 59.9 Å². The molecule has 0 spiro atoms. The van der Waals surface area contributed by atoms with Gasteiger partial charge in [0.1, 0.15) is 11.8 Å². The summed E-state index contributed by atoms with van der Waals surface area (Å²) in [5, 5.41) is 9.73. The zero-order valence-corrected chi connectivity index (χ0v) is 15.6. The molecule has 1 aromatic carbocycles. The summed E-state index contributed by atoms with van der Waals surface area (Å²) >= 11 is 0. The van der Waals surface area contributed by atoms with Crippen LogP contribution in [0.1, 0.15) is 48.8 Å². The SMILES string of the molecule is O=C([C@@H](c1cccnc1)N1CCCC1)N1CCC(c2cccc(O)c2)CC1. The first-order chi connectivity index (χ1) is 13.2. The van der Waals surface area contributed by atoms with Crippen LogP contribution in [-0.2, 0) is 4.79 Å². The van der Waals surface area contributed by atoms with Gasteiger partial charge < -0.3 is 10.0 Å². The Balaban J connectivity index is 1.46. The molecule has 1 atom stereocenters. The minimum atomic E-state index is -0.210. The molecule has 0 unspecified atom stereocenters. The molecule has 2 aromatic rings. The van der Waals surface area contributed by atoms with E-state index in [4.69, 9.17) is 0 Å². The lowest BCUT2D eigenvalue weighted by molar-refractivity contribution is -0.138. The van der Waals surface area contributed by atoms with Crippen LogP contribution in [0.25, 0.3) is 0 Å². The summed E-state index contributed by atoms with van der Waals surface area (Å²) in [5.41, 5.74) is 2.17. The number of hydrogen-bond acceptors (Lipinski definition) is 4. The molecule has 3 heterocycles. The van der Waals surface area contributed by atoms with E-state index >= 15 is 0 Å². The Bertz CT molecular complexity index is 766. The molecule has 1 aromatic heterocycles. The Labute approximate surface area is 160 Å². The van der Waals surface area contributed by atoms with E-state index in [2.05, 4.69) is 16.0 Å². The number of phenolic OH excluding ortho intramolecular Hbond substituents is 1. The molecule has 2 aliphatic rings. The fourth-order valence-electron chi connectivity index (χ4n) is 4.43. The van der Waals surface area contributed by atoms with Crippen LogP contribution in [0.15, 0.2) is 48.8 Å². The first kappa shape index (κ1) is 18.0. The van der Waals surface area contributed by atoms with Crippen molar-refractivity contribution >= 4 is 5.91 Å². The van der Waals surface area contributed by atoms with Crippen molar-refractivity contribution in [2.75, 3.05) is 26.2 Å². The highest BCUT2D eigenvalue weighted by atomic mass is 16.3. The van der Waals surface area contributed by atoms with Crippen molar-refractivity contribution in [2.45, 2.75) is 37.6 Å². The van der Waals surface area contributed by atoms with E-state index in [0.29, 0.717) is 11.7 Å². The van der Waals surface area contributed by atoms with Gasteiger partial charge in [0.15, 0.2) is 0 Å². The van der Waals surface area contributed by atoms with Crippen LogP contribution >= 0.6 is 0 Å². The zero-order valence-electron chi connectivity index (χ0n) is 15.6. The minimum absolute atomic E-state index is 0.208. The largest absolute Gasteiger partial charge is 0.508 e. The number of pyridine rings is 1. The number of aromatic nitrogens is 1. The van der Waals surface area contributed by atoms with Crippen molar-refractivity contribution in [2.24, 2.45) is 0 Å². The molecule has 4 rings (SSSR count). The second kappa shape index (κ2) is 8.09. The highest BCUT2D eigenvalue weighted by Crippen LogP contribution is 2.32. The summed E-state index contributed by atoms with van der Waals surface area (Å²) in [7, 11) is 0. The number of nitrogens with zero attached hydrogens (tertiary/aromatic N) is 3. The monoisotopic (exact) mass is 365 g/mol. The number of phenols is 1. The summed E-state index contributed by atoms with van der Waals surface area (Å²) < 4.78 is 0. The van der Waals surface area contributed by atoms with Gasteiger partial charge in [-0.25, -0.2) is 0 Å². The number of likely N-dealkylation sites (tertiary alicyclic amines) is 2. The predicted molar refractivity (Wildman–Crippen MR) is 104 cm³/mol. The van der Waals surface area contributed by atoms with Crippen molar-refractivity contribution < 1.29 is 9.90 Å². The first-order valence-electron chi connectivity index (χ1n) is 9.94. The topological polar surface area (TPSA) is 56.7 Å². The molecule has 5 nitrogen and oxygen atoms in total. The van der Waals surface area contributed by atoms with Gasteiger partial charge in [0.05, 0.1) is 0 Å². The Hall–Kier alpha value is -2.40. The van der Waals surface area contributed by atoms with Gasteiger partial charge in [-0.05, 0) is 74.0 Å². The summed E-state index contributed by atoms with van der Waals surface area (Å²) in [6.07, 6.45) is 7.79. The Morgan fingerprint density at radius 1 is 1.07 bits per heavy atom. The lowest BCUT2D eigenvalue weighted by Crippen LogP contribution is -2.45. The third-order valence-corrected chi connectivity index (χ3v) is 5.89. The van der Waals surface area contributed by atoms with Crippen molar-refractivity contribution in [1.29, 1.82) is 0 Å². The quantitative estimate of drug-likeness (QED) is 0.903. The minimum Gasteiger partial charge on any atom is -0.508 e. The standard InChI is InChI=1S/C22H27N3O2/c26-20-7-3-5-18(15-20)17-8-13-25(14-9-17)22(27)21(24-11-1-2-12-24)19-6-4-10-23-16-19/h3-7,10,15-17,21,26H,1-2,8-9,11-14H2/t21-/m1/s1. The van der Waals surface area contributed by atoms with E-state index in [-0.39, 0.29) is 11.9 Å². The summed E-state index contributed by atoms with van der Waals surface area (Å²) in [6, 6.07) is 11.3. The van der Waals surface area contributed by atoms with Crippen LogP contribution < -0.4 is 0 Å². The van der Waals surface area contributed by atoms with Gasteiger partial charge >= 0.3 is 0 Å². The van der Waals surface area contributed by atoms with E-state index < -0.39 is 0 Å². The van der Waals surface area contributed by atoms with E-state index in [0.717, 1.165) is 57.4 Å². The summed E-state index contributed by atoms with van der Waals surface area (Å²) in [4.78, 5) is 22.0. The van der Waals surface area contributed by atoms with Crippen molar-refractivity contribution in [3.8, 4) is 5.75 Å². The molecule has 142 valence electrons. The summed E-state index contributed by atoms with van der Waals surface area (Å²) in [5.74, 6) is 0.931. The maximum Gasteiger partial charge on any atom is 0.244 e. The Kier molecular flexibility index (Phi) is 5.39. The number of rotatable bonds is 4. The van der Waals surface area contributed by atoms with Gasteiger partial charge in [-0.1, -0.05) is 18.2 Å². The van der Waals surface area contributed by atoms with Crippen LogP contribution in [0.5, 0.6) is 5.75 Å². The third kappa shape index (κ3) is 3.98. The van der Waals surface area contributed by atoms with E-state index in [1.807, 2.05) is 35.4 Å². The molecule has 0 aliphatic carbocycles. The molecule has 0 saturated carbocycles. The molecule has 2 aliphatic heterocycles. The average molecular weight is 365 g/mol. The Morgan fingerprint density at radius 3 is 2.52 bits per heavy atom. The van der Waals surface area contributed by atoms with E-state index in [1.165, 1.54) is 5.56 Å². The lowest BCUT2D eigenvalue weighted by Gasteiger charge is -2.37. The lowest BCUT2D eigenvalue weighted by atomic mass is 9.89. The molecule has 1 amide bonds. The Morgan fingerprint density at radius 2 is 1.85 bits per heavy atom. The van der Waals surface area contributed by atoms with Gasteiger partial charge in [0.25, 0.3) is 0 Å². The van der Waals surface area contributed by atoms with Crippen LogP contribution in [0.3, 0.4) is 0 Å². The molecule has 2 saturated heterocycles. The highest BCUT2D eigenvalue weighted by molar-refractivity contribution is 5.83. The molecule has 0 bridgehead atoms. The van der Waals surface area contributed by atoms with Crippen LogP contribution in [0, 0.1) is 0 Å². The highest BCUT2D eigenvalue weighted by Gasteiger charge is 2.34. The van der Waals surface area contributed by atoms with Gasteiger partial charge in [-0.15, -0.1) is 0 Å². The smallest absolute Gasteiger partial charge is 0.244 e. The fraction of sp³-hybridized carbons (Fsp3) is 0.455. The normalized spacial score (nSPS) is 19.9. The average Bonchev–Trinajstić information content (AvgIpc) is 3.23. The zero-order chi connectivity index (χ0) is 18.6. The van der Waals surface area contributed by atoms with Gasteiger partial charge in [-0.3, -0.25) is 14.7 Å². The van der Waals surface area contributed by atoms with E-state index in [9.17, 15) is 9.90 Å². The number of amides is 1. The number of carbonyl (C=O) groups excluding carboxylic acids is 1.